The van der Waals surface area contributed by atoms with Crippen LogP contribution >= 0.6 is 0 Å². The molecule has 0 saturated carbocycles. The van der Waals surface area contributed by atoms with Gasteiger partial charge in [0.05, 0.1) is 11.2 Å². The average molecular weight is 428 g/mol. The molecule has 0 amide bonds. The highest BCUT2D eigenvalue weighted by atomic mass is 15.2. The van der Waals surface area contributed by atoms with Gasteiger partial charge in [0.2, 0.25) is 0 Å². The van der Waals surface area contributed by atoms with Gasteiger partial charge in [-0.1, -0.05) is 61.9 Å². The van der Waals surface area contributed by atoms with Crippen LogP contribution in [0.1, 0.15) is 43.4 Å². The topological polar surface area (TPSA) is 55.2 Å². The standard InChI is InChI=1S/C27H33N5/c1-4-31(5-2)22-14-16-32(17-15-22)26-23-8-6-7-9-25(23)30-27(24(26)18-28)29-19-21-12-10-20(3)11-13-21/h6-13,22H,4-5,14-17,19H2,1-3H3,(H,29,30). The van der Waals surface area contributed by atoms with Gasteiger partial charge < -0.3 is 15.1 Å². The number of nitriles is 1. The number of para-hydroxylation sites is 1. The minimum Gasteiger partial charge on any atom is -0.370 e. The molecule has 0 spiro atoms. The van der Waals surface area contributed by atoms with Crippen LogP contribution in [0.4, 0.5) is 11.5 Å². The van der Waals surface area contributed by atoms with E-state index in [-0.39, 0.29) is 0 Å². The molecule has 4 rings (SSSR count). The molecule has 1 fully saturated rings. The SMILES string of the molecule is CCN(CC)C1CCN(c2c(C#N)c(NCc3ccc(C)cc3)nc3ccccc23)CC1. The maximum absolute atomic E-state index is 10.2. The van der Waals surface area contributed by atoms with Crippen LogP contribution in [0.3, 0.4) is 0 Å². The summed E-state index contributed by atoms with van der Waals surface area (Å²) in [7, 11) is 0. The van der Waals surface area contributed by atoms with E-state index >= 15 is 0 Å². The van der Waals surface area contributed by atoms with Crippen LogP contribution in [0.15, 0.2) is 48.5 Å². The van der Waals surface area contributed by atoms with E-state index in [1.165, 1.54) is 11.1 Å². The fourth-order valence-corrected chi connectivity index (χ4v) is 4.84. The van der Waals surface area contributed by atoms with Crippen LogP contribution in [0.5, 0.6) is 0 Å². The van der Waals surface area contributed by atoms with Gasteiger partial charge in [0.15, 0.2) is 0 Å². The van der Waals surface area contributed by atoms with Crippen molar-refractivity contribution in [2.24, 2.45) is 0 Å². The maximum atomic E-state index is 10.2. The number of aryl methyl sites for hydroxylation is 1. The fourth-order valence-electron chi connectivity index (χ4n) is 4.84. The van der Waals surface area contributed by atoms with Crippen molar-refractivity contribution in [3.63, 3.8) is 0 Å². The summed E-state index contributed by atoms with van der Waals surface area (Å²) in [4.78, 5) is 9.80. The lowest BCUT2D eigenvalue weighted by Gasteiger charge is -2.39. The normalized spacial score (nSPS) is 14.7. The molecule has 3 aromatic rings. The maximum Gasteiger partial charge on any atom is 0.147 e. The molecule has 1 aliphatic rings. The third-order valence-corrected chi connectivity index (χ3v) is 6.67. The van der Waals surface area contributed by atoms with Crippen LogP contribution < -0.4 is 10.2 Å². The van der Waals surface area contributed by atoms with Gasteiger partial charge >= 0.3 is 0 Å². The molecule has 1 saturated heterocycles. The quantitative estimate of drug-likeness (QED) is 0.552. The van der Waals surface area contributed by atoms with E-state index in [0.29, 0.717) is 24.0 Å². The number of nitrogens with zero attached hydrogens (tertiary/aromatic N) is 4. The first-order chi connectivity index (χ1) is 15.6. The Morgan fingerprint density at radius 3 is 2.41 bits per heavy atom. The molecule has 2 heterocycles. The number of aromatic nitrogens is 1. The fraction of sp³-hybridized carbons (Fsp3) is 0.407. The van der Waals surface area contributed by atoms with Gasteiger partial charge in [-0.2, -0.15) is 5.26 Å². The summed E-state index contributed by atoms with van der Waals surface area (Å²) < 4.78 is 0. The van der Waals surface area contributed by atoms with Crippen molar-refractivity contribution < 1.29 is 0 Å². The van der Waals surface area contributed by atoms with Gasteiger partial charge in [-0.05, 0) is 44.5 Å². The number of anilines is 2. The van der Waals surface area contributed by atoms with E-state index in [9.17, 15) is 5.26 Å². The van der Waals surface area contributed by atoms with E-state index < -0.39 is 0 Å². The summed E-state index contributed by atoms with van der Waals surface area (Å²) in [6, 6.07) is 19.8. The zero-order valence-electron chi connectivity index (χ0n) is 19.4. The number of benzene rings is 2. The summed E-state index contributed by atoms with van der Waals surface area (Å²) in [5.74, 6) is 0.674. The summed E-state index contributed by atoms with van der Waals surface area (Å²) in [6.07, 6.45) is 2.24. The zero-order valence-corrected chi connectivity index (χ0v) is 19.4. The number of hydrogen-bond donors (Lipinski definition) is 1. The number of rotatable bonds is 7. The van der Waals surface area contributed by atoms with Crippen LogP contribution in [-0.2, 0) is 6.54 Å². The van der Waals surface area contributed by atoms with Crippen molar-refractivity contribution in [2.75, 3.05) is 36.4 Å². The Labute approximate surface area is 191 Å². The molecule has 1 N–H and O–H groups in total. The smallest absolute Gasteiger partial charge is 0.147 e. The lowest BCUT2D eigenvalue weighted by Crippen LogP contribution is -2.45. The highest BCUT2D eigenvalue weighted by molar-refractivity contribution is 5.97. The predicted octanol–water partition coefficient (Wildman–Crippen LogP) is 5.34. The highest BCUT2D eigenvalue weighted by Gasteiger charge is 2.27. The molecule has 0 aliphatic carbocycles. The number of pyridine rings is 1. The molecule has 1 aromatic heterocycles. The molecule has 166 valence electrons. The van der Waals surface area contributed by atoms with E-state index in [2.05, 4.69) is 72.3 Å². The molecule has 0 unspecified atom stereocenters. The highest BCUT2D eigenvalue weighted by Crippen LogP contribution is 2.36. The minimum absolute atomic E-state index is 0.624. The number of piperidine rings is 1. The second-order valence-electron chi connectivity index (χ2n) is 8.59. The third-order valence-electron chi connectivity index (χ3n) is 6.67. The number of hydrogen-bond acceptors (Lipinski definition) is 5. The zero-order chi connectivity index (χ0) is 22.5. The molecule has 0 atom stereocenters. The summed E-state index contributed by atoms with van der Waals surface area (Å²) in [5, 5.41) is 14.7. The summed E-state index contributed by atoms with van der Waals surface area (Å²) >= 11 is 0. The Hall–Kier alpha value is -3.10. The van der Waals surface area contributed by atoms with E-state index in [0.717, 1.165) is 55.6 Å². The van der Waals surface area contributed by atoms with Gasteiger partial charge in [0, 0.05) is 31.1 Å². The third kappa shape index (κ3) is 4.56. The van der Waals surface area contributed by atoms with Gasteiger partial charge in [-0.25, -0.2) is 4.98 Å². The van der Waals surface area contributed by atoms with Crippen LogP contribution in [0, 0.1) is 18.3 Å². The van der Waals surface area contributed by atoms with Crippen molar-refractivity contribution in [3.05, 3.63) is 65.2 Å². The molecule has 5 nitrogen and oxygen atoms in total. The Morgan fingerprint density at radius 1 is 1.06 bits per heavy atom. The van der Waals surface area contributed by atoms with Gasteiger partial charge in [-0.3, -0.25) is 0 Å². The first kappa shape index (κ1) is 22.1. The van der Waals surface area contributed by atoms with Crippen molar-refractivity contribution in [1.29, 1.82) is 5.26 Å². The Kier molecular flexibility index (Phi) is 6.92. The Balaban J connectivity index is 1.65. The largest absolute Gasteiger partial charge is 0.370 e. The molecule has 32 heavy (non-hydrogen) atoms. The van der Waals surface area contributed by atoms with Crippen molar-refractivity contribution in [1.82, 2.24) is 9.88 Å². The van der Waals surface area contributed by atoms with Crippen molar-refractivity contribution in [2.45, 2.75) is 46.2 Å². The summed E-state index contributed by atoms with van der Waals surface area (Å²) in [6.45, 7) is 11.3. The molecular formula is C27H33N5. The second-order valence-corrected chi connectivity index (χ2v) is 8.59. The minimum atomic E-state index is 0.624. The first-order valence-corrected chi connectivity index (χ1v) is 11.8. The van der Waals surface area contributed by atoms with Crippen LogP contribution in [0.2, 0.25) is 0 Å². The van der Waals surface area contributed by atoms with Crippen molar-refractivity contribution >= 4 is 22.4 Å². The van der Waals surface area contributed by atoms with E-state index in [1.807, 2.05) is 18.2 Å². The molecule has 0 bridgehead atoms. The molecule has 0 radical (unpaired) electrons. The number of nitrogens with one attached hydrogen (secondary N) is 1. The van der Waals surface area contributed by atoms with Gasteiger partial charge in [-0.15, -0.1) is 0 Å². The Morgan fingerprint density at radius 2 is 1.75 bits per heavy atom. The molecular weight excluding hydrogens is 394 g/mol. The van der Waals surface area contributed by atoms with E-state index in [1.54, 1.807) is 0 Å². The number of fused-ring (bicyclic) bond motifs is 1. The summed E-state index contributed by atoms with van der Waals surface area (Å²) in [5.41, 5.74) is 5.03. The first-order valence-electron chi connectivity index (χ1n) is 11.8. The van der Waals surface area contributed by atoms with Gasteiger partial charge in [0.25, 0.3) is 0 Å². The molecule has 2 aromatic carbocycles. The van der Waals surface area contributed by atoms with Gasteiger partial charge in [0.1, 0.15) is 17.5 Å². The molecule has 5 heteroatoms. The van der Waals surface area contributed by atoms with Crippen LogP contribution in [-0.4, -0.2) is 42.1 Å². The molecule has 1 aliphatic heterocycles. The van der Waals surface area contributed by atoms with E-state index in [4.69, 9.17) is 4.98 Å². The predicted molar refractivity (Wildman–Crippen MR) is 133 cm³/mol. The lowest BCUT2D eigenvalue weighted by atomic mass is 10.00. The van der Waals surface area contributed by atoms with Crippen LogP contribution in [0.25, 0.3) is 10.9 Å². The lowest BCUT2D eigenvalue weighted by molar-refractivity contribution is 0.186. The monoisotopic (exact) mass is 427 g/mol. The second kappa shape index (κ2) is 10.0. The average Bonchev–Trinajstić information content (AvgIpc) is 2.84. The van der Waals surface area contributed by atoms with Crippen molar-refractivity contribution in [3.8, 4) is 6.07 Å². The Bertz CT molecular complexity index is 1090.